The monoisotopic (exact) mass is 358 g/mol. The van der Waals surface area contributed by atoms with Gasteiger partial charge in [-0.2, -0.15) is 0 Å². The van der Waals surface area contributed by atoms with Crippen LogP contribution in [0.2, 0.25) is 0 Å². The molecule has 2 aromatic rings. The molecular weight excluding hydrogens is 340 g/mol. The third-order valence-electron chi connectivity index (χ3n) is 3.98. The van der Waals surface area contributed by atoms with Gasteiger partial charge in [-0.3, -0.25) is 9.59 Å². The standard InChI is InChI=1S/C18H18N2O4S/c1-12-5-3-7-15(9-12)19-17(21)14-6-4-8-16(10-14)20-18(22)13(2)11-25(20,23)24/h3-10,13H,11H2,1-2H3,(H,19,21)/t13-/m1/s1. The highest BCUT2D eigenvalue weighted by molar-refractivity contribution is 7.94. The molecule has 130 valence electrons. The first-order chi connectivity index (χ1) is 11.8. The molecule has 0 aromatic heterocycles. The predicted octanol–water partition coefficient (Wildman–Crippen LogP) is 2.56. The normalized spacial score (nSPS) is 19.0. The van der Waals surface area contributed by atoms with Crippen molar-refractivity contribution in [3.05, 3.63) is 59.7 Å². The molecule has 1 heterocycles. The Morgan fingerprint density at radius 2 is 1.88 bits per heavy atom. The van der Waals surface area contributed by atoms with Crippen LogP contribution in [0.3, 0.4) is 0 Å². The second-order valence-electron chi connectivity index (χ2n) is 6.16. The fourth-order valence-corrected chi connectivity index (χ4v) is 4.60. The van der Waals surface area contributed by atoms with Crippen molar-refractivity contribution in [2.75, 3.05) is 15.4 Å². The molecule has 0 aliphatic carbocycles. The van der Waals surface area contributed by atoms with Crippen molar-refractivity contribution >= 4 is 33.2 Å². The highest BCUT2D eigenvalue weighted by Gasteiger charge is 2.42. The van der Waals surface area contributed by atoms with Crippen LogP contribution in [0, 0.1) is 12.8 Å². The molecule has 25 heavy (non-hydrogen) atoms. The molecule has 6 nitrogen and oxygen atoms in total. The number of nitrogens with one attached hydrogen (secondary N) is 1. The lowest BCUT2D eigenvalue weighted by molar-refractivity contribution is -0.119. The van der Waals surface area contributed by atoms with E-state index in [2.05, 4.69) is 5.32 Å². The van der Waals surface area contributed by atoms with Gasteiger partial charge in [0.1, 0.15) is 0 Å². The highest BCUT2D eigenvalue weighted by atomic mass is 32.2. The lowest BCUT2D eigenvalue weighted by Crippen LogP contribution is -2.30. The average Bonchev–Trinajstić information content (AvgIpc) is 2.75. The third-order valence-corrected chi connectivity index (χ3v) is 5.85. The highest BCUT2D eigenvalue weighted by Crippen LogP contribution is 2.29. The first-order valence-corrected chi connectivity index (χ1v) is 9.44. The molecule has 2 aromatic carbocycles. The van der Waals surface area contributed by atoms with Crippen molar-refractivity contribution in [3.8, 4) is 0 Å². The summed E-state index contributed by atoms with van der Waals surface area (Å²) in [5.74, 6) is -1.65. The summed E-state index contributed by atoms with van der Waals surface area (Å²) in [5, 5.41) is 2.77. The molecule has 1 saturated heterocycles. The number of sulfonamides is 1. The van der Waals surface area contributed by atoms with Gasteiger partial charge in [0.15, 0.2) is 0 Å². The Bertz CT molecular complexity index is 953. The topological polar surface area (TPSA) is 83.6 Å². The summed E-state index contributed by atoms with van der Waals surface area (Å²) >= 11 is 0. The van der Waals surface area contributed by atoms with Gasteiger partial charge in [0, 0.05) is 11.3 Å². The minimum absolute atomic E-state index is 0.186. The molecule has 1 aliphatic heterocycles. The van der Waals surface area contributed by atoms with Crippen LogP contribution in [0.5, 0.6) is 0 Å². The number of rotatable bonds is 3. The van der Waals surface area contributed by atoms with E-state index in [9.17, 15) is 18.0 Å². The van der Waals surface area contributed by atoms with Crippen LogP contribution in [-0.4, -0.2) is 26.0 Å². The minimum Gasteiger partial charge on any atom is -0.322 e. The minimum atomic E-state index is -3.69. The zero-order valence-electron chi connectivity index (χ0n) is 13.9. The van der Waals surface area contributed by atoms with Crippen molar-refractivity contribution in [3.63, 3.8) is 0 Å². The predicted molar refractivity (Wildman–Crippen MR) is 96.0 cm³/mol. The Morgan fingerprint density at radius 3 is 2.52 bits per heavy atom. The van der Waals surface area contributed by atoms with E-state index in [1.165, 1.54) is 12.1 Å². The number of aryl methyl sites for hydroxylation is 1. The van der Waals surface area contributed by atoms with Gasteiger partial charge in [0.25, 0.3) is 5.91 Å². The summed E-state index contributed by atoms with van der Waals surface area (Å²) in [6.45, 7) is 3.50. The van der Waals surface area contributed by atoms with Crippen LogP contribution >= 0.6 is 0 Å². The first-order valence-electron chi connectivity index (χ1n) is 7.83. The molecule has 7 heteroatoms. The van der Waals surface area contributed by atoms with E-state index in [1.54, 1.807) is 25.1 Å². The van der Waals surface area contributed by atoms with Crippen LogP contribution in [-0.2, 0) is 14.8 Å². The van der Waals surface area contributed by atoms with Gasteiger partial charge in [-0.05, 0) is 42.8 Å². The Hall–Kier alpha value is -2.67. The summed E-state index contributed by atoms with van der Waals surface area (Å²) in [5.41, 5.74) is 2.12. The zero-order valence-corrected chi connectivity index (χ0v) is 14.7. The van der Waals surface area contributed by atoms with Crippen molar-refractivity contribution in [1.29, 1.82) is 0 Å². The lowest BCUT2D eigenvalue weighted by Gasteiger charge is -2.16. The molecule has 0 radical (unpaired) electrons. The quantitative estimate of drug-likeness (QED) is 0.914. The fourth-order valence-electron chi connectivity index (χ4n) is 2.79. The van der Waals surface area contributed by atoms with Gasteiger partial charge in [-0.25, -0.2) is 12.7 Å². The van der Waals surface area contributed by atoms with E-state index in [0.717, 1.165) is 9.87 Å². The number of nitrogens with zero attached hydrogens (tertiary/aromatic N) is 1. The van der Waals surface area contributed by atoms with E-state index < -0.39 is 21.8 Å². The molecule has 1 fully saturated rings. The number of carbonyl (C=O) groups is 2. The van der Waals surface area contributed by atoms with Gasteiger partial charge >= 0.3 is 0 Å². The van der Waals surface area contributed by atoms with Gasteiger partial charge < -0.3 is 5.32 Å². The summed E-state index contributed by atoms with van der Waals surface area (Å²) in [6, 6.07) is 13.4. The molecule has 0 bridgehead atoms. The lowest BCUT2D eigenvalue weighted by atomic mass is 10.1. The van der Waals surface area contributed by atoms with Crippen LogP contribution in [0.15, 0.2) is 48.5 Å². The number of anilines is 2. The molecule has 1 atom stereocenters. The fraction of sp³-hybridized carbons (Fsp3) is 0.222. The summed E-state index contributed by atoms with van der Waals surface area (Å²) in [7, 11) is -3.69. The number of amides is 2. The number of hydrogen-bond donors (Lipinski definition) is 1. The molecule has 0 saturated carbocycles. The molecule has 2 amide bonds. The second kappa shape index (κ2) is 6.33. The van der Waals surface area contributed by atoms with Crippen LogP contribution in [0.1, 0.15) is 22.8 Å². The van der Waals surface area contributed by atoms with E-state index in [0.29, 0.717) is 5.69 Å². The largest absolute Gasteiger partial charge is 0.322 e. The van der Waals surface area contributed by atoms with Crippen molar-refractivity contribution in [1.82, 2.24) is 0 Å². The molecule has 3 rings (SSSR count). The summed E-state index contributed by atoms with van der Waals surface area (Å²) in [6.07, 6.45) is 0. The Morgan fingerprint density at radius 1 is 1.16 bits per heavy atom. The number of hydrogen-bond acceptors (Lipinski definition) is 4. The van der Waals surface area contributed by atoms with Gasteiger partial charge in [0.05, 0.1) is 17.4 Å². The average molecular weight is 358 g/mol. The maximum Gasteiger partial charge on any atom is 0.255 e. The van der Waals surface area contributed by atoms with Crippen LogP contribution in [0.4, 0.5) is 11.4 Å². The van der Waals surface area contributed by atoms with E-state index in [-0.39, 0.29) is 22.9 Å². The van der Waals surface area contributed by atoms with Gasteiger partial charge in [0.2, 0.25) is 15.9 Å². The smallest absolute Gasteiger partial charge is 0.255 e. The van der Waals surface area contributed by atoms with Gasteiger partial charge in [-0.1, -0.05) is 25.1 Å². The maximum absolute atomic E-state index is 12.4. The Balaban J connectivity index is 1.89. The second-order valence-corrected chi connectivity index (χ2v) is 8.02. The SMILES string of the molecule is Cc1cccc(NC(=O)c2cccc(N3C(=O)[C@H](C)CS3(=O)=O)c2)c1. The first kappa shape index (κ1) is 17.2. The molecule has 1 aliphatic rings. The number of benzene rings is 2. The molecule has 1 N–H and O–H groups in total. The maximum atomic E-state index is 12.4. The van der Waals surface area contributed by atoms with E-state index in [1.807, 2.05) is 25.1 Å². The van der Waals surface area contributed by atoms with Gasteiger partial charge in [-0.15, -0.1) is 0 Å². The Kier molecular flexibility index (Phi) is 4.34. The zero-order chi connectivity index (χ0) is 18.2. The molecule has 0 spiro atoms. The number of carbonyl (C=O) groups excluding carboxylic acids is 2. The summed E-state index contributed by atoms with van der Waals surface area (Å²) in [4.78, 5) is 24.6. The molecule has 0 unspecified atom stereocenters. The van der Waals surface area contributed by atoms with Crippen molar-refractivity contribution in [2.24, 2.45) is 5.92 Å². The summed E-state index contributed by atoms with van der Waals surface area (Å²) < 4.78 is 25.2. The van der Waals surface area contributed by atoms with Crippen LogP contribution in [0.25, 0.3) is 0 Å². The molecular formula is C18H18N2O4S. The third kappa shape index (κ3) is 3.41. The van der Waals surface area contributed by atoms with Crippen LogP contribution < -0.4 is 9.62 Å². The van der Waals surface area contributed by atoms with Crippen molar-refractivity contribution < 1.29 is 18.0 Å². The Labute approximate surface area is 146 Å². The van der Waals surface area contributed by atoms with E-state index >= 15 is 0 Å². The van der Waals surface area contributed by atoms with E-state index in [4.69, 9.17) is 0 Å². The van der Waals surface area contributed by atoms with Crippen molar-refractivity contribution in [2.45, 2.75) is 13.8 Å².